The molecule has 2 aromatic carbocycles. The molecule has 0 spiro atoms. The number of nitrogens with one attached hydrogen (secondary N) is 2. The van der Waals surface area contributed by atoms with Crippen LogP contribution in [0.15, 0.2) is 79.4 Å². The lowest BCUT2D eigenvalue weighted by Gasteiger charge is -2.13. The number of pyridine rings is 1. The SMILES string of the molecule is COc1cc(Nc2ncc(-c3ccncc3)c(-c3ccc(Cl)cc3)n2)ccc1-c1nc(C)c[nH]1. The highest BCUT2D eigenvalue weighted by Crippen LogP contribution is 2.34. The van der Waals surface area contributed by atoms with Crippen molar-refractivity contribution >= 4 is 23.2 Å². The van der Waals surface area contributed by atoms with Gasteiger partial charge in [0.25, 0.3) is 0 Å². The number of ether oxygens (including phenoxy) is 1. The van der Waals surface area contributed by atoms with Gasteiger partial charge in [-0.15, -0.1) is 0 Å². The van der Waals surface area contributed by atoms with Crippen molar-refractivity contribution in [2.75, 3.05) is 12.4 Å². The third-order valence-corrected chi connectivity index (χ3v) is 5.57. The molecule has 0 bridgehead atoms. The first-order chi connectivity index (χ1) is 16.6. The smallest absolute Gasteiger partial charge is 0.227 e. The molecule has 34 heavy (non-hydrogen) atoms. The fraction of sp³-hybridized carbons (Fsp3) is 0.0769. The summed E-state index contributed by atoms with van der Waals surface area (Å²) < 4.78 is 5.61. The lowest BCUT2D eigenvalue weighted by molar-refractivity contribution is 0.416. The molecular formula is C26H21ClN6O. The van der Waals surface area contributed by atoms with Crippen molar-refractivity contribution in [1.82, 2.24) is 24.9 Å². The van der Waals surface area contributed by atoms with E-state index in [9.17, 15) is 0 Å². The fourth-order valence-corrected chi connectivity index (χ4v) is 3.78. The van der Waals surface area contributed by atoms with Crippen LogP contribution in [0, 0.1) is 6.92 Å². The maximum Gasteiger partial charge on any atom is 0.227 e. The van der Waals surface area contributed by atoms with Crippen molar-refractivity contribution in [2.24, 2.45) is 0 Å². The molecule has 3 heterocycles. The van der Waals surface area contributed by atoms with Crippen molar-refractivity contribution in [3.8, 4) is 39.5 Å². The molecule has 0 aliphatic heterocycles. The second kappa shape index (κ2) is 9.33. The summed E-state index contributed by atoms with van der Waals surface area (Å²) in [5.74, 6) is 1.90. The van der Waals surface area contributed by atoms with E-state index in [1.165, 1.54) is 0 Å². The van der Waals surface area contributed by atoms with E-state index in [0.29, 0.717) is 16.7 Å². The zero-order valence-electron chi connectivity index (χ0n) is 18.6. The van der Waals surface area contributed by atoms with Gasteiger partial charge < -0.3 is 15.0 Å². The van der Waals surface area contributed by atoms with Gasteiger partial charge in [0.2, 0.25) is 5.95 Å². The Bertz CT molecular complexity index is 1430. The predicted molar refractivity (Wildman–Crippen MR) is 134 cm³/mol. The van der Waals surface area contributed by atoms with E-state index < -0.39 is 0 Å². The number of aromatic amines is 1. The molecule has 7 nitrogen and oxygen atoms in total. The van der Waals surface area contributed by atoms with Crippen LogP contribution in [0.25, 0.3) is 33.8 Å². The van der Waals surface area contributed by atoms with Crippen LogP contribution in [0.5, 0.6) is 5.75 Å². The highest BCUT2D eigenvalue weighted by atomic mass is 35.5. The van der Waals surface area contributed by atoms with E-state index in [1.54, 1.807) is 19.5 Å². The van der Waals surface area contributed by atoms with Crippen molar-refractivity contribution in [2.45, 2.75) is 6.92 Å². The Labute approximate surface area is 201 Å². The second-order valence-electron chi connectivity index (χ2n) is 7.63. The molecule has 168 valence electrons. The van der Waals surface area contributed by atoms with E-state index in [1.807, 2.05) is 73.9 Å². The highest BCUT2D eigenvalue weighted by Gasteiger charge is 2.14. The van der Waals surface area contributed by atoms with E-state index in [-0.39, 0.29) is 0 Å². The Hall–Kier alpha value is -4.23. The maximum absolute atomic E-state index is 6.11. The number of nitrogens with zero attached hydrogens (tertiary/aromatic N) is 4. The summed E-state index contributed by atoms with van der Waals surface area (Å²) in [6.07, 6.45) is 7.17. The molecule has 0 aliphatic rings. The van der Waals surface area contributed by atoms with Crippen LogP contribution in [0.1, 0.15) is 5.69 Å². The number of hydrogen-bond acceptors (Lipinski definition) is 6. The van der Waals surface area contributed by atoms with Crippen molar-refractivity contribution in [1.29, 1.82) is 0 Å². The molecule has 5 aromatic rings. The zero-order valence-corrected chi connectivity index (χ0v) is 19.3. The summed E-state index contributed by atoms with van der Waals surface area (Å²) in [4.78, 5) is 21.2. The minimum Gasteiger partial charge on any atom is -0.496 e. The molecule has 0 saturated carbocycles. The lowest BCUT2D eigenvalue weighted by atomic mass is 10.0. The number of hydrogen-bond donors (Lipinski definition) is 2. The number of aryl methyl sites for hydroxylation is 1. The first-order valence-electron chi connectivity index (χ1n) is 10.6. The standard InChI is InChI=1S/C26H21ClN6O/c1-16-14-29-25(31-16)21-8-7-20(13-23(21)34-2)32-26-30-15-22(17-9-11-28-12-10-17)24(33-26)18-3-5-19(27)6-4-18/h3-15H,1-2H3,(H,29,31)(H,30,32,33). The van der Waals surface area contributed by atoms with Gasteiger partial charge in [0.15, 0.2) is 0 Å². The molecular weight excluding hydrogens is 448 g/mol. The lowest BCUT2D eigenvalue weighted by Crippen LogP contribution is -2.01. The van der Waals surface area contributed by atoms with Crippen LogP contribution in [-0.2, 0) is 0 Å². The van der Waals surface area contributed by atoms with Gasteiger partial charge in [0, 0.05) is 52.7 Å². The summed E-state index contributed by atoms with van der Waals surface area (Å²) in [6, 6.07) is 17.3. The fourth-order valence-electron chi connectivity index (χ4n) is 3.66. The summed E-state index contributed by atoms with van der Waals surface area (Å²) in [6.45, 7) is 1.94. The normalized spacial score (nSPS) is 10.8. The third-order valence-electron chi connectivity index (χ3n) is 5.32. The van der Waals surface area contributed by atoms with E-state index in [2.05, 4.69) is 25.3 Å². The topological polar surface area (TPSA) is 88.6 Å². The van der Waals surface area contributed by atoms with Crippen LogP contribution in [0.4, 0.5) is 11.6 Å². The number of halogens is 1. The summed E-state index contributed by atoms with van der Waals surface area (Å²) >= 11 is 6.11. The Morgan fingerprint density at radius 1 is 0.912 bits per heavy atom. The molecule has 2 N–H and O–H groups in total. The molecule has 0 saturated heterocycles. The highest BCUT2D eigenvalue weighted by molar-refractivity contribution is 6.30. The third kappa shape index (κ3) is 4.46. The van der Waals surface area contributed by atoms with Gasteiger partial charge in [-0.2, -0.15) is 0 Å². The van der Waals surface area contributed by atoms with Crippen LogP contribution < -0.4 is 10.1 Å². The van der Waals surface area contributed by atoms with E-state index >= 15 is 0 Å². The number of benzene rings is 2. The maximum atomic E-state index is 6.11. The predicted octanol–water partition coefficient (Wildman–Crippen LogP) is 6.31. The first-order valence-corrected chi connectivity index (χ1v) is 11.0. The Morgan fingerprint density at radius 2 is 1.71 bits per heavy atom. The van der Waals surface area contributed by atoms with Crippen LogP contribution in [-0.4, -0.2) is 32.0 Å². The molecule has 0 aliphatic carbocycles. The van der Waals surface area contributed by atoms with Crippen molar-refractivity contribution in [3.63, 3.8) is 0 Å². The van der Waals surface area contributed by atoms with Crippen molar-refractivity contribution < 1.29 is 4.74 Å². The molecule has 8 heteroatoms. The molecule has 0 radical (unpaired) electrons. The summed E-state index contributed by atoms with van der Waals surface area (Å²) in [5, 5.41) is 3.96. The average Bonchev–Trinajstić information content (AvgIpc) is 3.31. The minimum absolute atomic E-state index is 0.464. The Kier molecular flexibility index (Phi) is 5.93. The first kappa shape index (κ1) is 21.6. The zero-order chi connectivity index (χ0) is 23.5. The van der Waals surface area contributed by atoms with Crippen LogP contribution in [0.2, 0.25) is 5.02 Å². The Morgan fingerprint density at radius 3 is 2.41 bits per heavy atom. The average molecular weight is 469 g/mol. The molecule has 5 rings (SSSR count). The molecule has 0 atom stereocenters. The molecule has 0 amide bonds. The number of methoxy groups -OCH3 is 1. The van der Waals surface area contributed by atoms with E-state index in [0.717, 1.165) is 45.2 Å². The number of H-pyrrole nitrogens is 1. The number of rotatable bonds is 6. The largest absolute Gasteiger partial charge is 0.496 e. The van der Waals surface area contributed by atoms with Crippen LogP contribution in [0.3, 0.4) is 0 Å². The number of aromatic nitrogens is 5. The monoisotopic (exact) mass is 468 g/mol. The minimum atomic E-state index is 0.464. The Balaban J connectivity index is 1.52. The second-order valence-corrected chi connectivity index (χ2v) is 8.07. The van der Waals surface area contributed by atoms with Crippen LogP contribution >= 0.6 is 11.6 Å². The summed E-state index contributed by atoms with van der Waals surface area (Å²) in [5.41, 5.74) is 6.18. The van der Waals surface area contributed by atoms with Gasteiger partial charge in [0.1, 0.15) is 11.6 Å². The quantitative estimate of drug-likeness (QED) is 0.303. The van der Waals surface area contributed by atoms with Crippen molar-refractivity contribution in [3.05, 3.63) is 90.1 Å². The van der Waals surface area contributed by atoms with Gasteiger partial charge in [0.05, 0.1) is 24.1 Å². The molecule has 0 unspecified atom stereocenters. The summed E-state index contributed by atoms with van der Waals surface area (Å²) in [7, 11) is 1.64. The van der Waals surface area contributed by atoms with E-state index in [4.69, 9.17) is 21.3 Å². The number of anilines is 2. The molecule has 3 aromatic heterocycles. The van der Waals surface area contributed by atoms with Gasteiger partial charge in [-0.1, -0.05) is 23.7 Å². The van der Waals surface area contributed by atoms with Gasteiger partial charge in [-0.3, -0.25) is 4.98 Å². The number of imidazole rings is 1. The van der Waals surface area contributed by atoms with Gasteiger partial charge in [-0.05, 0) is 48.9 Å². The van der Waals surface area contributed by atoms with Gasteiger partial charge >= 0.3 is 0 Å². The van der Waals surface area contributed by atoms with Gasteiger partial charge in [-0.25, -0.2) is 15.0 Å². The molecule has 0 fully saturated rings.